The van der Waals surface area contributed by atoms with E-state index in [1.165, 1.54) is 21.8 Å². The van der Waals surface area contributed by atoms with Crippen LogP contribution in [0.3, 0.4) is 0 Å². The first-order chi connectivity index (χ1) is 17.1. The van der Waals surface area contributed by atoms with Crippen LogP contribution in [0.5, 0.6) is 5.75 Å². The van der Waals surface area contributed by atoms with Gasteiger partial charge in [0.25, 0.3) is 0 Å². The molecule has 196 valence electrons. The first-order valence-corrected chi connectivity index (χ1v) is 15.0. The third-order valence-corrected chi connectivity index (χ3v) is 10.6. The van der Waals surface area contributed by atoms with Gasteiger partial charge >= 0.3 is 0 Å². The van der Waals surface area contributed by atoms with E-state index in [0.717, 1.165) is 24.0 Å². The number of amides is 1. The maximum absolute atomic E-state index is 13.2. The van der Waals surface area contributed by atoms with Crippen molar-refractivity contribution in [1.29, 1.82) is 0 Å². The van der Waals surface area contributed by atoms with Gasteiger partial charge in [0.2, 0.25) is 26.0 Å². The highest BCUT2D eigenvalue weighted by molar-refractivity contribution is 7.89. The molecule has 2 aliphatic heterocycles. The number of hydrogen-bond acceptors (Lipinski definition) is 6. The maximum Gasteiger partial charge on any atom is 0.243 e. The summed E-state index contributed by atoms with van der Waals surface area (Å²) in [6, 6.07) is 11.3. The second kappa shape index (κ2) is 10.9. The van der Waals surface area contributed by atoms with E-state index in [1.807, 2.05) is 0 Å². The number of nitrogens with one attached hydrogen (secondary N) is 1. The summed E-state index contributed by atoms with van der Waals surface area (Å²) in [5, 5.41) is 2.88. The molecule has 36 heavy (non-hydrogen) atoms. The summed E-state index contributed by atoms with van der Waals surface area (Å²) >= 11 is 0. The largest absolute Gasteiger partial charge is 0.496 e. The van der Waals surface area contributed by atoms with E-state index in [1.54, 1.807) is 43.3 Å². The van der Waals surface area contributed by atoms with Gasteiger partial charge in [0, 0.05) is 32.7 Å². The molecule has 2 heterocycles. The van der Waals surface area contributed by atoms with Gasteiger partial charge in [-0.25, -0.2) is 16.8 Å². The molecule has 1 amide bonds. The van der Waals surface area contributed by atoms with Crippen molar-refractivity contribution in [2.75, 3.05) is 33.3 Å². The van der Waals surface area contributed by atoms with E-state index in [9.17, 15) is 21.6 Å². The van der Waals surface area contributed by atoms with Crippen molar-refractivity contribution in [3.8, 4) is 5.75 Å². The Morgan fingerprint density at radius 3 is 2.17 bits per heavy atom. The van der Waals surface area contributed by atoms with E-state index in [-0.39, 0.29) is 28.8 Å². The molecule has 0 unspecified atom stereocenters. The molecule has 11 heteroatoms. The van der Waals surface area contributed by atoms with Gasteiger partial charge in [-0.05, 0) is 74.1 Å². The van der Waals surface area contributed by atoms with E-state index in [4.69, 9.17) is 4.74 Å². The Morgan fingerprint density at radius 2 is 1.53 bits per heavy atom. The first-order valence-electron chi connectivity index (χ1n) is 12.1. The fourth-order valence-corrected chi connectivity index (χ4v) is 7.85. The smallest absolute Gasteiger partial charge is 0.243 e. The van der Waals surface area contributed by atoms with Crippen molar-refractivity contribution in [2.24, 2.45) is 5.92 Å². The maximum atomic E-state index is 13.2. The second-order valence-electron chi connectivity index (χ2n) is 9.31. The van der Waals surface area contributed by atoms with Crippen LogP contribution in [0.1, 0.15) is 36.8 Å². The molecule has 0 radical (unpaired) electrons. The molecular formula is C25H33N3O6S2. The second-order valence-corrected chi connectivity index (χ2v) is 13.2. The van der Waals surface area contributed by atoms with Crippen LogP contribution in [0.2, 0.25) is 0 Å². The van der Waals surface area contributed by atoms with E-state index in [2.05, 4.69) is 5.32 Å². The van der Waals surface area contributed by atoms with Crippen LogP contribution in [0.4, 0.5) is 0 Å². The lowest BCUT2D eigenvalue weighted by Gasteiger charge is -2.31. The quantitative estimate of drug-likeness (QED) is 0.556. The summed E-state index contributed by atoms with van der Waals surface area (Å²) in [6.45, 7) is 3.61. The van der Waals surface area contributed by atoms with Crippen LogP contribution in [0, 0.1) is 12.8 Å². The molecule has 2 aliphatic rings. The monoisotopic (exact) mass is 535 g/mol. The van der Waals surface area contributed by atoms with Crippen LogP contribution in [-0.2, 0) is 31.4 Å². The van der Waals surface area contributed by atoms with Gasteiger partial charge in [-0.15, -0.1) is 0 Å². The third-order valence-electron chi connectivity index (χ3n) is 6.85. The summed E-state index contributed by atoms with van der Waals surface area (Å²) < 4.78 is 59.8. The van der Waals surface area contributed by atoms with Crippen molar-refractivity contribution >= 4 is 26.0 Å². The summed E-state index contributed by atoms with van der Waals surface area (Å²) in [7, 11) is -5.67. The minimum Gasteiger partial charge on any atom is -0.496 e. The zero-order valence-corrected chi connectivity index (χ0v) is 22.3. The van der Waals surface area contributed by atoms with E-state index < -0.39 is 26.0 Å². The molecule has 0 aliphatic carbocycles. The Kier molecular flexibility index (Phi) is 8.03. The lowest BCUT2D eigenvalue weighted by molar-refractivity contribution is -0.126. The number of carbonyl (C=O) groups excluding carboxylic acids is 1. The number of sulfonamides is 2. The van der Waals surface area contributed by atoms with Crippen LogP contribution >= 0.6 is 0 Å². The summed E-state index contributed by atoms with van der Waals surface area (Å²) in [4.78, 5) is 13.3. The highest BCUT2D eigenvalue weighted by Gasteiger charge is 2.33. The number of carbonyl (C=O) groups is 1. The predicted octanol–water partition coefficient (Wildman–Crippen LogP) is 2.51. The van der Waals surface area contributed by atoms with Crippen LogP contribution in [0.15, 0.2) is 52.3 Å². The van der Waals surface area contributed by atoms with Gasteiger partial charge in [-0.1, -0.05) is 12.1 Å². The van der Waals surface area contributed by atoms with Crippen LogP contribution in [-0.4, -0.2) is 64.6 Å². The Morgan fingerprint density at radius 1 is 0.917 bits per heavy atom. The molecule has 0 spiro atoms. The number of rotatable bonds is 8. The molecule has 0 saturated carbocycles. The van der Waals surface area contributed by atoms with Crippen molar-refractivity contribution < 1.29 is 26.4 Å². The molecule has 2 aromatic rings. The summed E-state index contributed by atoms with van der Waals surface area (Å²) in [5.74, 6) is -0.0520. The van der Waals surface area contributed by atoms with Gasteiger partial charge in [0.15, 0.2) is 0 Å². The van der Waals surface area contributed by atoms with Gasteiger partial charge < -0.3 is 10.1 Å². The summed E-state index contributed by atoms with van der Waals surface area (Å²) in [6.07, 6.45) is 2.95. The molecule has 1 N–H and O–H groups in total. The number of piperidine rings is 1. The van der Waals surface area contributed by atoms with Crippen molar-refractivity contribution in [3.05, 3.63) is 53.6 Å². The number of benzene rings is 2. The molecule has 0 bridgehead atoms. The fraction of sp³-hybridized carbons (Fsp3) is 0.480. The van der Waals surface area contributed by atoms with Crippen molar-refractivity contribution in [2.45, 2.75) is 48.9 Å². The lowest BCUT2D eigenvalue weighted by atomic mass is 9.99. The van der Waals surface area contributed by atoms with Crippen LogP contribution in [0.25, 0.3) is 0 Å². The van der Waals surface area contributed by atoms with Crippen molar-refractivity contribution in [3.63, 3.8) is 0 Å². The fourth-order valence-electron chi connectivity index (χ4n) is 4.73. The lowest BCUT2D eigenvalue weighted by Crippen LogP contribution is -2.45. The number of methoxy groups -OCH3 is 1. The Balaban J connectivity index is 1.36. The average molecular weight is 536 g/mol. The first kappa shape index (κ1) is 26.6. The molecule has 2 fully saturated rings. The molecular weight excluding hydrogens is 502 g/mol. The molecule has 1 atom stereocenters. The zero-order chi connectivity index (χ0) is 25.9. The highest BCUT2D eigenvalue weighted by atomic mass is 32.2. The summed E-state index contributed by atoms with van der Waals surface area (Å²) in [5.41, 5.74) is 1.50. The average Bonchev–Trinajstić information content (AvgIpc) is 3.44. The van der Waals surface area contributed by atoms with Crippen molar-refractivity contribution in [1.82, 2.24) is 13.9 Å². The minimum absolute atomic E-state index is 0.117. The van der Waals surface area contributed by atoms with E-state index >= 15 is 0 Å². The Bertz CT molecular complexity index is 1300. The molecule has 0 aromatic heterocycles. The number of nitrogens with zero attached hydrogens (tertiary/aromatic N) is 2. The molecule has 4 rings (SSSR count). The number of aryl methyl sites for hydroxylation is 1. The predicted molar refractivity (Wildman–Crippen MR) is 135 cm³/mol. The Hall–Kier alpha value is -2.47. The van der Waals surface area contributed by atoms with Crippen LogP contribution < -0.4 is 10.1 Å². The van der Waals surface area contributed by atoms with E-state index in [0.29, 0.717) is 38.2 Å². The highest BCUT2D eigenvalue weighted by Crippen LogP contribution is 2.27. The topological polar surface area (TPSA) is 113 Å². The minimum atomic E-state index is -3.73. The van der Waals surface area contributed by atoms with Gasteiger partial charge in [0.1, 0.15) is 5.75 Å². The normalized spacial score (nSPS) is 19.8. The van der Waals surface area contributed by atoms with Gasteiger partial charge in [0.05, 0.1) is 22.8 Å². The Labute approximate surface area is 213 Å². The van der Waals surface area contributed by atoms with Gasteiger partial charge in [-0.2, -0.15) is 8.61 Å². The zero-order valence-electron chi connectivity index (χ0n) is 20.6. The molecule has 2 aromatic carbocycles. The number of ether oxygens (including phenoxy) is 1. The standard InChI is InChI=1S/C25H33N3O6S2/c1-19-16-23(11-12-24(19)34-2)36(32,33)28-15-5-6-21(18-28)25(29)26-17-20-7-9-22(10-8-20)35(30,31)27-13-3-4-14-27/h7-12,16,21H,3-6,13-15,17-18H2,1-2H3,(H,26,29)/t21-/m1/s1. The van der Waals surface area contributed by atoms with Gasteiger partial charge in [-0.3, -0.25) is 4.79 Å². The number of hydrogen-bond donors (Lipinski definition) is 1. The third kappa shape index (κ3) is 5.59. The SMILES string of the molecule is COc1ccc(S(=O)(=O)N2CCC[C@@H](C(=O)NCc3ccc(S(=O)(=O)N4CCCC4)cc3)C2)cc1C. The molecule has 9 nitrogen and oxygen atoms in total. The molecule has 2 saturated heterocycles.